The first-order valence-electron chi connectivity index (χ1n) is 1.32. The summed E-state index contributed by atoms with van der Waals surface area (Å²) in [5.74, 6) is 0. The lowest BCUT2D eigenvalue weighted by atomic mass is 11.9. The lowest BCUT2D eigenvalue weighted by molar-refractivity contribution is 0.595. The van der Waals surface area contributed by atoms with E-state index in [0.717, 1.165) is 0 Å². The van der Waals surface area contributed by atoms with Gasteiger partial charge in [0.15, 0.2) is 0 Å². The highest BCUT2D eigenvalue weighted by Gasteiger charge is 1.52. The second kappa shape index (κ2) is 2.98. The van der Waals surface area contributed by atoms with E-state index in [-0.39, 0.29) is 5.08 Å². The molecule has 0 fully saturated rings. The lowest BCUT2D eigenvalue weighted by Crippen LogP contribution is -1.81. The van der Waals surface area contributed by atoms with Crippen LogP contribution in [0.15, 0.2) is 0 Å². The summed E-state index contributed by atoms with van der Waals surface area (Å²) in [7, 11) is -3.67. The van der Waals surface area contributed by atoms with E-state index in [1.54, 1.807) is 0 Å². The summed E-state index contributed by atoms with van der Waals surface area (Å²) in [6, 6.07) is 0. The number of hydrogen-bond acceptors (Lipinski definition) is 6. The van der Waals surface area contributed by atoms with Crippen molar-refractivity contribution in [1.29, 1.82) is 9.56 Å². The Bertz CT molecular complexity index is 142. The van der Waals surface area contributed by atoms with Crippen LogP contribution in [0.1, 0.15) is 0 Å². The molecule has 0 rings (SSSR count). The average Bonchev–Trinajstić information content (AvgIpc) is 1.27. The standard InChI is InChI=1S/CH4N2O2S2/c2-6(4)1-7(3)5/h2-3H,1H2/q-2. The molecule has 0 unspecified atom stereocenters. The van der Waals surface area contributed by atoms with Gasteiger partial charge < -0.3 is 18.0 Å². The second-order valence-electron chi connectivity index (χ2n) is 0.809. The molecule has 0 aliphatic heterocycles. The maximum absolute atomic E-state index is 9.72. The Kier molecular flexibility index (Phi) is 2.93. The zero-order valence-corrected chi connectivity index (χ0v) is 4.97. The van der Waals surface area contributed by atoms with Crippen LogP contribution in [0, 0.1) is 9.56 Å². The zero-order valence-electron chi connectivity index (χ0n) is 3.34. The van der Waals surface area contributed by atoms with Gasteiger partial charge in [0.1, 0.15) is 0 Å². The molecular formula is CH4N2O2S2-2. The highest BCUT2D eigenvalue weighted by atomic mass is 32.2. The maximum atomic E-state index is 9.72. The highest BCUT2D eigenvalue weighted by Crippen LogP contribution is 1.67. The molecule has 0 aromatic carbocycles. The van der Waals surface area contributed by atoms with Crippen LogP contribution in [-0.4, -0.2) is 5.08 Å². The quantitative estimate of drug-likeness (QED) is 0.544. The molecule has 0 aliphatic carbocycles. The van der Waals surface area contributed by atoms with Crippen LogP contribution < -0.4 is 0 Å². The second-order valence-corrected chi connectivity index (χ2v) is 3.13. The molecule has 7 heavy (non-hydrogen) atoms. The Morgan fingerprint density at radius 1 is 1.14 bits per heavy atom. The molecule has 0 aromatic heterocycles. The van der Waals surface area contributed by atoms with E-state index >= 15 is 0 Å². The molecule has 0 radical (unpaired) electrons. The van der Waals surface area contributed by atoms with E-state index in [1.165, 1.54) is 0 Å². The Labute approximate surface area is 44.9 Å². The minimum absolute atomic E-state index is 0.361. The van der Waals surface area contributed by atoms with Crippen molar-refractivity contribution in [3.8, 4) is 0 Å². The van der Waals surface area contributed by atoms with Crippen molar-refractivity contribution in [2.75, 3.05) is 5.08 Å². The van der Waals surface area contributed by atoms with Crippen molar-refractivity contribution in [2.24, 2.45) is 0 Å². The summed E-state index contributed by atoms with van der Waals surface area (Å²) in [6.07, 6.45) is 0. The van der Waals surface area contributed by atoms with Gasteiger partial charge in [-0.15, -0.1) is 5.08 Å². The fourth-order valence-corrected chi connectivity index (χ4v) is 0.875. The van der Waals surface area contributed by atoms with E-state index in [1.807, 2.05) is 0 Å². The summed E-state index contributed by atoms with van der Waals surface area (Å²) in [5, 5.41) is -0.361. The van der Waals surface area contributed by atoms with Gasteiger partial charge in [-0.2, -0.15) is 0 Å². The molecule has 0 bridgehead atoms. The monoisotopic (exact) mass is 140 g/mol. The third-order valence-electron chi connectivity index (χ3n) is 0.214. The average molecular weight is 140 g/mol. The van der Waals surface area contributed by atoms with E-state index in [2.05, 4.69) is 0 Å². The van der Waals surface area contributed by atoms with Gasteiger partial charge in [0.05, 0.1) is 0 Å². The van der Waals surface area contributed by atoms with Crippen LogP contribution >= 0.6 is 0 Å². The van der Waals surface area contributed by atoms with Crippen LogP contribution in [-0.2, 0) is 29.6 Å². The first kappa shape index (κ1) is 6.90. The Morgan fingerprint density at radius 2 is 1.43 bits per heavy atom. The van der Waals surface area contributed by atoms with Crippen molar-refractivity contribution in [3.63, 3.8) is 0 Å². The van der Waals surface area contributed by atoms with Crippen LogP contribution in [0.3, 0.4) is 0 Å². The van der Waals surface area contributed by atoms with Gasteiger partial charge in [-0.05, 0) is 0 Å². The molecule has 0 atom stereocenters. The summed E-state index contributed by atoms with van der Waals surface area (Å²) < 4.78 is 32.0. The molecule has 0 heterocycles. The van der Waals surface area contributed by atoms with Crippen molar-refractivity contribution in [1.82, 2.24) is 0 Å². The minimum Gasteiger partial charge on any atom is -0.446 e. The van der Waals surface area contributed by atoms with Gasteiger partial charge in [-0.1, -0.05) is 0 Å². The molecule has 0 saturated carbocycles. The van der Waals surface area contributed by atoms with E-state index < -0.39 is 21.2 Å². The number of rotatable bonds is 2. The van der Waals surface area contributed by atoms with Crippen LogP contribution in [0.4, 0.5) is 0 Å². The first-order valence-corrected chi connectivity index (χ1v) is 3.96. The zero-order chi connectivity index (χ0) is 5.86. The van der Waals surface area contributed by atoms with E-state index in [0.29, 0.717) is 0 Å². The lowest BCUT2D eigenvalue weighted by Gasteiger charge is -1.96. The van der Waals surface area contributed by atoms with Crippen molar-refractivity contribution in [3.05, 3.63) is 0 Å². The normalized spacial score (nSPS) is 10.6. The topological polar surface area (TPSA) is 81.8 Å². The fraction of sp³-hybridized carbons (Fsp3) is 1.00. The molecular weight excluding hydrogens is 136 g/mol. The molecule has 0 amide bonds. The predicted molar refractivity (Wildman–Crippen MR) is 26.4 cm³/mol. The van der Waals surface area contributed by atoms with Crippen molar-refractivity contribution < 1.29 is 8.42 Å². The maximum Gasteiger partial charge on any atom is -0.130 e. The molecule has 0 spiro atoms. The van der Waals surface area contributed by atoms with Crippen molar-refractivity contribution >= 4 is 21.2 Å². The van der Waals surface area contributed by atoms with Gasteiger partial charge in [0.2, 0.25) is 0 Å². The SMILES string of the molecule is N=[S-](=O)C[S-](=N)=O. The number of nitrogens with one attached hydrogen (secondary N) is 2. The van der Waals surface area contributed by atoms with E-state index in [4.69, 9.17) is 9.56 Å². The molecule has 6 heteroatoms. The summed E-state index contributed by atoms with van der Waals surface area (Å²) in [5.41, 5.74) is 0. The van der Waals surface area contributed by atoms with Crippen LogP contribution in [0.25, 0.3) is 0 Å². The van der Waals surface area contributed by atoms with Crippen LogP contribution in [0.5, 0.6) is 0 Å². The Morgan fingerprint density at radius 3 is 1.43 bits per heavy atom. The molecule has 4 nitrogen and oxygen atoms in total. The summed E-state index contributed by atoms with van der Waals surface area (Å²) >= 11 is 0. The van der Waals surface area contributed by atoms with Gasteiger partial charge >= 0.3 is 0 Å². The van der Waals surface area contributed by atoms with Crippen molar-refractivity contribution in [2.45, 2.75) is 0 Å². The molecule has 44 valence electrons. The predicted octanol–water partition coefficient (Wildman–Crippen LogP) is 0.396. The van der Waals surface area contributed by atoms with Crippen LogP contribution in [0.2, 0.25) is 0 Å². The smallest absolute Gasteiger partial charge is 0.130 e. The summed E-state index contributed by atoms with van der Waals surface area (Å²) in [6.45, 7) is 0. The Hall–Kier alpha value is -0.100. The Balaban J connectivity index is 3.77. The molecule has 0 aliphatic rings. The number of hydrogen-bond donors (Lipinski definition) is 2. The summed E-state index contributed by atoms with van der Waals surface area (Å²) in [4.78, 5) is 0. The highest BCUT2D eigenvalue weighted by molar-refractivity contribution is 7.91. The van der Waals surface area contributed by atoms with Gasteiger partial charge in [0.25, 0.3) is 0 Å². The van der Waals surface area contributed by atoms with Gasteiger partial charge in [-0.25, -0.2) is 21.2 Å². The van der Waals surface area contributed by atoms with Gasteiger partial charge in [-0.3, -0.25) is 0 Å². The van der Waals surface area contributed by atoms with E-state index in [9.17, 15) is 8.42 Å². The fourth-order valence-electron chi connectivity index (χ4n) is 0.0972. The molecule has 0 aromatic rings. The third kappa shape index (κ3) is 5.90. The van der Waals surface area contributed by atoms with Gasteiger partial charge in [0, 0.05) is 0 Å². The molecule has 2 N–H and O–H groups in total. The first-order chi connectivity index (χ1) is 3.13. The molecule has 0 saturated heterocycles. The minimum atomic E-state index is -1.83. The largest absolute Gasteiger partial charge is 0.446 e. The third-order valence-corrected chi connectivity index (χ3v) is 1.93.